The van der Waals surface area contributed by atoms with Gasteiger partial charge in [-0.05, 0) is 25.3 Å². The maximum atomic E-state index is 11.2. The van der Waals surface area contributed by atoms with Crippen LogP contribution in [-0.4, -0.2) is 25.0 Å². The number of hydrogen-bond acceptors (Lipinski definition) is 3. The SMILES string of the molecule is C=C(/C=C\CC)COC(=O)NCCCC(C)=O. The average Bonchev–Trinajstić information content (AvgIpc) is 2.29. The summed E-state index contributed by atoms with van der Waals surface area (Å²) >= 11 is 0. The summed E-state index contributed by atoms with van der Waals surface area (Å²) in [4.78, 5) is 21.8. The summed E-state index contributed by atoms with van der Waals surface area (Å²) in [5.74, 6) is 0.123. The first-order valence-corrected chi connectivity index (χ1v) is 5.80. The maximum absolute atomic E-state index is 11.2. The summed E-state index contributed by atoms with van der Waals surface area (Å²) in [5.41, 5.74) is 0.755. The third-order valence-electron chi connectivity index (χ3n) is 1.95. The van der Waals surface area contributed by atoms with Crippen LogP contribution in [0, 0.1) is 0 Å². The smallest absolute Gasteiger partial charge is 0.407 e. The molecule has 4 nitrogen and oxygen atoms in total. The van der Waals surface area contributed by atoms with Crippen LogP contribution >= 0.6 is 0 Å². The zero-order valence-corrected chi connectivity index (χ0v) is 10.6. The van der Waals surface area contributed by atoms with Crippen molar-refractivity contribution in [2.45, 2.75) is 33.1 Å². The Labute approximate surface area is 103 Å². The van der Waals surface area contributed by atoms with E-state index in [1.807, 2.05) is 19.1 Å². The first kappa shape index (κ1) is 15.4. The number of Topliss-reactive ketones (excluding diaryl/α,β-unsaturated/α-hetero) is 1. The largest absolute Gasteiger partial charge is 0.445 e. The van der Waals surface area contributed by atoms with E-state index in [1.165, 1.54) is 6.92 Å². The van der Waals surface area contributed by atoms with Gasteiger partial charge in [-0.2, -0.15) is 0 Å². The van der Waals surface area contributed by atoms with Crippen molar-refractivity contribution in [3.05, 3.63) is 24.3 Å². The Kier molecular flexibility index (Phi) is 8.74. The highest BCUT2D eigenvalue weighted by Gasteiger charge is 2.01. The summed E-state index contributed by atoms with van der Waals surface area (Å²) in [6, 6.07) is 0. The molecule has 17 heavy (non-hydrogen) atoms. The van der Waals surface area contributed by atoms with Crippen LogP contribution in [0.1, 0.15) is 33.1 Å². The van der Waals surface area contributed by atoms with Crippen LogP contribution in [0.25, 0.3) is 0 Å². The highest BCUT2D eigenvalue weighted by molar-refractivity contribution is 5.75. The minimum absolute atomic E-state index is 0.123. The monoisotopic (exact) mass is 239 g/mol. The van der Waals surface area contributed by atoms with Crippen molar-refractivity contribution in [1.82, 2.24) is 5.32 Å². The molecule has 0 radical (unpaired) electrons. The molecule has 4 heteroatoms. The van der Waals surface area contributed by atoms with Crippen LogP contribution in [0.2, 0.25) is 0 Å². The minimum Gasteiger partial charge on any atom is -0.445 e. The van der Waals surface area contributed by atoms with Crippen molar-refractivity contribution in [2.24, 2.45) is 0 Å². The van der Waals surface area contributed by atoms with Crippen molar-refractivity contribution in [1.29, 1.82) is 0 Å². The van der Waals surface area contributed by atoms with Crippen molar-refractivity contribution in [3.63, 3.8) is 0 Å². The Bertz CT molecular complexity index is 295. The molecule has 0 aliphatic heterocycles. The fraction of sp³-hybridized carbons (Fsp3) is 0.538. The van der Waals surface area contributed by atoms with E-state index >= 15 is 0 Å². The lowest BCUT2D eigenvalue weighted by molar-refractivity contribution is -0.117. The number of rotatable bonds is 8. The second kappa shape index (κ2) is 9.63. The molecule has 0 saturated heterocycles. The first-order valence-electron chi connectivity index (χ1n) is 5.80. The number of ketones is 1. The first-order chi connectivity index (χ1) is 8.06. The average molecular weight is 239 g/mol. The fourth-order valence-electron chi connectivity index (χ4n) is 1.07. The molecular formula is C13H21NO3. The standard InChI is InChI=1S/C13H21NO3/c1-4-5-7-11(2)10-17-13(16)14-9-6-8-12(3)15/h5,7H,2,4,6,8-10H2,1,3H3,(H,14,16)/b7-5-. The van der Waals surface area contributed by atoms with Gasteiger partial charge in [-0.25, -0.2) is 4.79 Å². The molecule has 0 aliphatic rings. The molecule has 96 valence electrons. The van der Waals surface area contributed by atoms with Crippen molar-refractivity contribution < 1.29 is 14.3 Å². The van der Waals surface area contributed by atoms with Crippen molar-refractivity contribution in [2.75, 3.05) is 13.2 Å². The lowest BCUT2D eigenvalue weighted by Gasteiger charge is -2.06. The molecule has 1 N–H and O–H groups in total. The van der Waals surface area contributed by atoms with Crippen LogP contribution < -0.4 is 5.32 Å². The van der Waals surface area contributed by atoms with E-state index in [0.29, 0.717) is 19.4 Å². The summed E-state index contributed by atoms with van der Waals surface area (Å²) in [7, 11) is 0. The van der Waals surface area contributed by atoms with Crippen LogP contribution in [0.4, 0.5) is 4.79 Å². The molecule has 0 unspecified atom stereocenters. The van der Waals surface area contributed by atoms with Crippen LogP contribution in [0.5, 0.6) is 0 Å². The number of carbonyl (C=O) groups is 2. The fourth-order valence-corrected chi connectivity index (χ4v) is 1.07. The summed E-state index contributed by atoms with van der Waals surface area (Å²) in [6.45, 7) is 7.94. The minimum atomic E-state index is -0.473. The molecule has 0 aromatic heterocycles. The molecule has 1 amide bonds. The van der Waals surface area contributed by atoms with Gasteiger partial charge in [-0.1, -0.05) is 25.7 Å². The second-order valence-corrected chi connectivity index (χ2v) is 3.78. The van der Waals surface area contributed by atoms with Gasteiger partial charge in [0.2, 0.25) is 0 Å². The zero-order valence-electron chi connectivity index (χ0n) is 10.6. The van der Waals surface area contributed by atoms with Gasteiger partial charge in [0.05, 0.1) is 0 Å². The van der Waals surface area contributed by atoms with Gasteiger partial charge >= 0.3 is 6.09 Å². The van der Waals surface area contributed by atoms with Crippen molar-refractivity contribution >= 4 is 11.9 Å². The van der Waals surface area contributed by atoms with Gasteiger partial charge in [0.15, 0.2) is 0 Å². The molecule has 0 heterocycles. The lowest BCUT2D eigenvalue weighted by atomic mass is 10.2. The van der Waals surface area contributed by atoms with E-state index in [9.17, 15) is 9.59 Å². The van der Waals surface area contributed by atoms with Crippen molar-refractivity contribution in [3.8, 4) is 0 Å². The Morgan fingerprint density at radius 2 is 2.12 bits per heavy atom. The predicted octanol–water partition coefficient (Wildman–Crippen LogP) is 2.60. The third-order valence-corrected chi connectivity index (χ3v) is 1.95. The van der Waals surface area contributed by atoms with E-state index in [2.05, 4.69) is 11.9 Å². The van der Waals surface area contributed by atoms with Gasteiger partial charge in [-0.3, -0.25) is 0 Å². The Hall–Kier alpha value is -1.58. The van der Waals surface area contributed by atoms with Gasteiger partial charge in [-0.15, -0.1) is 0 Å². The highest BCUT2D eigenvalue weighted by Crippen LogP contribution is 1.96. The van der Waals surface area contributed by atoms with Gasteiger partial charge in [0, 0.05) is 13.0 Å². The molecule has 0 rings (SSSR count). The molecule has 0 atom stereocenters. The Morgan fingerprint density at radius 3 is 2.71 bits per heavy atom. The summed E-state index contributed by atoms with van der Waals surface area (Å²) in [5, 5.41) is 2.57. The summed E-state index contributed by atoms with van der Waals surface area (Å²) in [6.07, 6.45) is 5.36. The topological polar surface area (TPSA) is 55.4 Å². The van der Waals surface area contributed by atoms with E-state index < -0.39 is 6.09 Å². The molecule has 0 fully saturated rings. The number of allylic oxidation sites excluding steroid dienone is 1. The van der Waals surface area contributed by atoms with E-state index in [0.717, 1.165) is 12.0 Å². The lowest BCUT2D eigenvalue weighted by Crippen LogP contribution is -2.26. The third kappa shape index (κ3) is 10.7. The van der Waals surface area contributed by atoms with Crippen LogP contribution in [0.3, 0.4) is 0 Å². The maximum Gasteiger partial charge on any atom is 0.407 e. The molecule has 0 bridgehead atoms. The number of ether oxygens (including phenoxy) is 1. The van der Waals surface area contributed by atoms with E-state index in [4.69, 9.17) is 4.74 Å². The number of amides is 1. The normalized spacial score (nSPS) is 10.2. The molecule has 0 saturated carbocycles. The number of alkyl carbamates (subject to hydrolysis) is 1. The predicted molar refractivity (Wildman–Crippen MR) is 67.8 cm³/mol. The summed E-state index contributed by atoms with van der Waals surface area (Å²) < 4.78 is 4.92. The molecular weight excluding hydrogens is 218 g/mol. The Morgan fingerprint density at radius 1 is 1.41 bits per heavy atom. The second-order valence-electron chi connectivity index (χ2n) is 3.78. The Balaban J connectivity index is 3.56. The van der Waals surface area contributed by atoms with Gasteiger partial charge in [0.25, 0.3) is 0 Å². The van der Waals surface area contributed by atoms with Gasteiger partial charge in [0.1, 0.15) is 12.4 Å². The van der Waals surface area contributed by atoms with Gasteiger partial charge < -0.3 is 14.8 Å². The molecule has 0 spiro atoms. The molecule has 0 aliphatic carbocycles. The van der Waals surface area contributed by atoms with Crippen LogP contribution in [-0.2, 0) is 9.53 Å². The van der Waals surface area contributed by atoms with E-state index in [-0.39, 0.29) is 12.4 Å². The highest BCUT2D eigenvalue weighted by atomic mass is 16.5. The number of carbonyl (C=O) groups excluding carboxylic acids is 2. The number of nitrogens with one attached hydrogen (secondary N) is 1. The quantitative estimate of drug-likeness (QED) is 0.523. The zero-order chi connectivity index (χ0) is 13.1. The van der Waals surface area contributed by atoms with E-state index in [1.54, 1.807) is 0 Å². The molecule has 0 aromatic rings. The van der Waals surface area contributed by atoms with Crippen LogP contribution in [0.15, 0.2) is 24.3 Å². The molecule has 0 aromatic carbocycles. The number of hydrogen-bond donors (Lipinski definition) is 1.